The molecule has 1 N–H and O–H groups in total. The Kier molecular flexibility index (Phi) is 2.69. The monoisotopic (exact) mass is 273 g/mol. The normalized spacial score (nSPS) is 31.1. The van der Waals surface area contributed by atoms with Crippen LogP contribution in [-0.2, 0) is 6.42 Å². The van der Waals surface area contributed by atoms with Gasteiger partial charge >= 0.3 is 0 Å². The largest absolute Gasteiger partial charge is 0.388 e. The van der Waals surface area contributed by atoms with Crippen molar-refractivity contribution in [3.63, 3.8) is 0 Å². The lowest BCUT2D eigenvalue weighted by Crippen LogP contribution is -2.42. The van der Waals surface area contributed by atoms with E-state index < -0.39 is 5.60 Å². The number of aliphatic hydroxyl groups is 1. The molecule has 2 aromatic rings. The third kappa shape index (κ3) is 1.83. The molecule has 4 rings (SSSR count). The molecule has 1 aromatic carbocycles. The summed E-state index contributed by atoms with van der Waals surface area (Å²) < 4.78 is 1.34. The molecule has 0 saturated carbocycles. The van der Waals surface area contributed by atoms with Gasteiger partial charge < -0.3 is 5.11 Å². The molecule has 3 heteroatoms. The molecule has 0 spiro atoms. The molecule has 0 bridgehead atoms. The van der Waals surface area contributed by atoms with E-state index in [1.165, 1.54) is 35.0 Å². The van der Waals surface area contributed by atoms with Crippen molar-refractivity contribution in [2.75, 3.05) is 13.1 Å². The Hall–Kier alpha value is -0.900. The van der Waals surface area contributed by atoms with Gasteiger partial charge in [0, 0.05) is 23.7 Å². The first kappa shape index (κ1) is 11.9. The molecule has 0 amide bonds. The zero-order valence-corrected chi connectivity index (χ0v) is 11.8. The summed E-state index contributed by atoms with van der Waals surface area (Å²) >= 11 is 1.80. The van der Waals surface area contributed by atoms with Gasteiger partial charge in [0.1, 0.15) is 0 Å². The van der Waals surface area contributed by atoms with Crippen LogP contribution in [0.1, 0.15) is 24.8 Å². The lowest BCUT2D eigenvalue weighted by molar-refractivity contribution is 0.0144. The third-order valence-corrected chi connectivity index (χ3v) is 5.89. The first-order valence-electron chi connectivity index (χ1n) is 7.18. The van der Waals surface area contributed by atoms with E-state index in [2.05, 4.69) is 34.5 Å². The van der Waals surface area contributed by atoms with E-state index in [0.29, 0.717) is 6.04 Å². The van der Waals surface area contributed by atoms with E-state index in [4.69, 9.17) is 0 Å². The summed E-state index contributed by atoms with van der Waals surface area (Å²) in [5.41, 5.74) is 0.831. The van der Waals surface area contributed by atoms with E-state index in [0.717, 1.165) is 19.4 Å². The van der Waals surface area contributed by atoms with E-state index in [1.54, 1.807) is 11.3 Å². The van der Waals surface area contributed by atoms with Gasteiger partial charge in [0.15, 0.2) is 0 Å². The maximum Gasteiger partial charge on any atom is 0.0854 e. The number of rotatable bonds is 2. The van der Waals surface area contributed by atoms with Crippen LogP contribution < -0.4 is 0 Å². The minimum atomic E-state index is -0.500. The number of fused-ring (bicyclic) bond motifs is 2. The van der Waals surface area contributed by atoms with E-state index in [1.807, 2.05) is 0 Å². The van der Waals surface area contributed by atoms with Crippen LogP contribution in [0.15, 0.2) is 29.6 Å². The molecule has 0 aliphatic carbocycles. The number of hydrogen-bond donors (Lipinski definition) is 1. The molecule has 2 atom stereocenters. The van der Waals surface area contributed by atoms with Crippen molar-refractivity contribution in [3.05, 3.63) is 35.2 Å². The Morgan fingerprint density at radius 1 is 1.32 bits per heavy atom. The highest BCUT2D eigenvalue weighted by Crippen LogP contribution is 2.40. The number of nitrogens with zero attached hydrogens (tertiary/aromatic N) is 1. The molecule has 100 valence electrons. The molecule has 2 aliphatic rings. The Bertz CT molecular complexity index is 608. The smallest absolute Gasteiger partial charge is 0.0854 e. The predicted molar refractivity (Wildman–Crippen MR) is 79.7 cm³/mol. The van der Waals surface area contributed by atoms with Crippen LogP contribution in [0, 0.1) is 0 Å². The van der Waals surface area contributed by atoms with Crippen LogP contribution >= 0.6 is 11.3 Å². The van der Waals surface area contributed by atoms with Crippen LogP contribution in [0.5, 0.6) is 0 Å². The van der Waals surface area contributed by atoms with Crippen LogP contribution in [-0.4, -0.2) is 34.7 Å². The number of benzene rings is 1. The van der Waals surface area contributed by atoms with Crippen LogP contribution in [0.3, 0.4) is 0 Å². The molecule has 2 aliphatic heterocycles. The molecular formula is C16H19NOS. The summed E-state index contributed by atoms with van der Waals surface area (Å²) in [5, 5.41) is 14.6. The van der Waals surface area contributed by atoms with Crippen LogP contribution in [0.25, 0.3) is 10.1 Å². The third-order valence-electron chi connectivity index (χ3n) is 4.87. The molecule has 2 nitrogen and oxygen atoms in total. The molecule has 3 heterocycles. The van der Waals surface area contributed by atoms with Gasteiger partial charge in [-0.1, -0.05) is 18.2 Å². The molecule has 19 heavy (non-hydrogen) atoms. The van der Waals surface area contributed by atoms with Gasteiger partial charge in [-0.2, -0.15) is 0 Å². The summed E-state index contributed by atoms with van der Waals surface area (Å²) in [5.74, 6) is 0. The fourth-order valence-electron chi connectivity index (χ4n) is 3.91. The van der Waals surface area contributed by atoms with Gasteiger partial charge in [-0.25, -0.2) is 0 Å². The second-order valence-electron chi connectivity index (χ2n) is 5.98. The van der Waals surface area contributed by atoms with Crippen molar-refractivity contribution in [3.8, 4) is 0 Å². The zero-order valence-electron chi connectivity index (χ0n) is 11.0. The highest BCUT2D eigenvalue weighted by atomic mass is 32.1. The van der Waals surface area contributed by atoms with Crippen molar-refractivity contribution in [1.82, 2.24) is 4.90 Å². The Balaban J connectivity index is 1.67. The maximum atomic E-state index is 11.1. The van der Waals surface area contributed by atoms with Crippen molar-refractivity contribution in [2.24, 2.45) is 0 Å². The summed E-state index contributed by atoms with van der Waals surface area (Å²) in [4.78, 5) is 2.48. The summed E-state index contributed by atoms with van der Waals surface area (Å²) in [6.07, 6.45) is 4.16. The molecule has 2 saturated heterocycles. The van der Waals surface area contributed by atoms with Gasteiger partial charge in [0.25, 0.3) is 0 Å². The van der Waals surface area contributed by atoms with Gasteiger partial charge in [0.05, 0.1) is 5.60 Å². The predicted octanol–water partition coefficient (Wildman–Crippen LogP) is 3.04. The Morgan fingerprint density at radius 2 is 2.21 bits per heavy atom. The minimum Gasteiger partial charge on any atom is -0.388 e. The molecular weight excluding hydrogens is 254 g/mol. The van der Waals surface area contributed by atoms with Crippen molar-refractivity contribution >= 4 is 21.4 Å². The second kappa shape index (κ2) is 4.30. The maximum absolute atomic E-state index is 11.1. The average Bonchev–Trinajstić information content (AvgIpc) is 3.09. The SMILES string of the molecule is OC1(Cc2csc3ccccc23)CCN2CCCC21. The summed E-state index contributed by atoms with van der Waals surface area (Å²) in [6.45, 7) is 2.25. The van der Waals surface area contributed by atoms with Gasteiger partial charge in [-0.15, -0.1) is 11.3 Å². The quantitative estimate of drug-likeness (QED) is 0.909. The first-order valence-corrected chi connectivity index (χ1v) is 8.06. The fraction of sp³-hybridized carbons (Fsp3) is 0.500. The van der Waals surface area contributed by atoms with Crippen LogP contribution in [0.2, 0.25) is 0 Å². The lowest BCUT2D eigenvalue weighted by Gasteiger charge is -2.29. The topological polar surface area (TPSA) is 23.5 Å². The molecule has 2 unspecified atom stereocenters. The lowest BCUT2D eigenvalue weighted by atomic mass is 9.86. The second-order valence-corrected chi connectivity index (χ2v) is 6.89. The van der Waals surface area contributed by atoms with E-state index in [9.17, 15) is 5.11 Å². The summed E-state index contributed by atoms with van der Waals surface area (Å²) in [6, 6.07) is 8.94. The molecule has 1 aromatic heterocycles. The highest BCUT2D eigenvalue weighted by Gasteiger charge is 2.47. The summed E-state index contributed by atoms with van der Waals surface area (Å²) in [7, 11) is 0. The van der Waals surface area contributed by atoms with Crippen molar-refractivity contribution in [1.29, 1.82) is 0 Å². The van der Waals surface area contributed by atoms with E-state index in [-0.39, 0.29) is 0 Å². The standard InChI is InChI=1S/C16H19NOS/c18-16(7-9-17-8-3-6-15(16)17)10-12-11-19-14-5-2-1-4-13(12)14/h1-2,4-5,11,15,18H,3,6-10H2. The van der Waals surface area contributed by atoms with E-state index >= 15 is 0 Å². The Morgan fingerprint density at radius 3 is 3.16 bits per heavy atom. The van der Waals surface area contributed by atoms with Gasteiger partial charge in [-0.3, -0.25) is 4.90 Å². The number of hydrogen-bond acceptors (Lipinski definition) is 3. The van der Waals surface area contributed by atoms with Gasteiger partial charge in [0.2, 0.25) is 0 Å². The Labute approximate surface area is 117 Å². The number of thiophene rings is 1. The van der Waals surface area contributed by atoms with Crippen molar-refractivity contribution in [2.45, 2.75) is 37.3 Å². The first-order chi connectivity index (χ1) is 9.26. The molecule has 2 fully saturated rings. The van der Waals surface area contributed by atoms with Crippen LogP contribution in [0.4, 0.5) is 0 Å². The van der Waals surface area contributed by atoms with Gasteiger partial charge in [-0.05, 0) is 48.2 Å². The average molecular weight is 273 g/mol. The molecule has 0 radical (unpaired) electrons. The van der Waals surface area contributed by atoms with Crippen molar-refractivity contribution < 1.29 is 5.11 Å². The zero-order chi connectivity index (χ0) is 12.9. The fourth-order valence-corrected chi connectivity index (χ4v) is 4.87. The minimum absolute atomic E-state index is 0.395. The highest BCUT2D eigenvalue weighted by molar-refractivity contribution is 7.17.